The predicted octanol–water partition coefficient (Wildman–Crippen LogP) is 10.6. The number of benzene rings is 6. The minimum Gasteiger partial charge on any atom is -0.436 e. The van der Waals surface area contributed by atoms with Crippen LogP contribution >= 0.6 is 0 Å². The molecule has 9 rings (SSSR count). The van der Waals surface area contributed by atoms with Gasteiger partial charge in [-0.3, -0.25) is 0 Å². The quantitative estimate of drug-likeness (QED) is 0.187. The third-order valence-electron chi connectivity index (χ3n) is 8.85. The molecule has 46 heavy (non-hydrogen) atoms. The summed E-state index contributed by atoms with van der Waals surface area (Å²) >= 11 is 0. The number of nitrogens with zero attached hydrogens (tertiary/aromatic N) is 4. The molecule has 0 atom stereocenters. The van der Waals surface area contributed by atoms with Crippen LogP contribution < -0.4 is 0 Å². The molecular formula is C41H28N4O. The van der Waals surface area contributed by atoms with Crippen molar-refractivity contribution >= 4 is 43.8 Å². The van der Waals surface area contributed by atoms with E-state index in [1.54, 1.807) is 0 Å². The van der Waals surface area contributed by atoms with Crippen molar-refractivity contribution in [1.82, 2.24) is 19.5 Å². The normalized spacial score (nSPS) is 11.7. The number of aromatic nitrogens is 4. The van der Waals surface area contributed by atoms with E-state index in [-0.39, 0.29) is 0 Å². The van der Waals surface area contributed by atoms with Crippen molar-refractivity contribution in [2.24, 2.45) is 0 Å². The lowest BCUT2D eigenvalue weighted by Gasteiger charge is -2.11. The van der Waals surface area contributed by atoms with Gasteiger partial charge in [-0.2, -0.15) is 0 Å². The molecule has 0 bridgehead atoms. The molecule has 0 radical (unpaired) electrons. The second-order valence-electron chi connectivity index (χ2n) is 11.5. The fourth-order valence-electron chi connectivity index (χ4n) is 6.60. The Morgan fingerprint density at radius 2 is 1.17 bits per heavy atom. The van der Waals surface area contributed by atoms with Crippen LogP contribution in [-0.4, -0.2) is 19.5 Å². The maximum atomic E-state index is 6.25. The van der Waals surface area contributed by atoms with Crippen molar-refractivity contribution in [3.63, 3.8) is 0 Å². The summed E-state index contributed by atoms with van der Waals surface area (Å²) in [7, 11) is 0. The highest BCUT2D eigenvalue weighted by atomic mass is 16.3. The molecule has 0 fully saturated rings. The fourth-order valence-corrected chi connectivity index (χ4v) is 6.60. The predicted molar refractivity (Wildman–Crippen MR) is 188 cm³/mol. The number of fused-ring (bicyclic) bond motifs is 6. The van der Waals surface area contributed by atoms with Gasteiger partial charge in [-0.1, -0.05) is 97.1 Å². The van der Waals surface area contributed by atoms with Crippen molar-refractivity contribution < 1.29 is 4.42 Å². The highest BCUT2D eigenvalue weighted by molar-refractivity contribution is 6.20. The topological polar surface area (TPSA) is 56.7 Å². The largest absolute Gasteiger partial charge is 0.436 e. The number of para-hydroxylation sites is 3. The molecule has 5 nitrogen and oxygen atoms in total. The first-order valence-corrected chi connectivity index (χ1v) is 15.6. The van der Waals surface area contributed by atoms with E-state index in [1.165, 1.54) is 0 Å². The molecule has 5 heteroatoms. The highest BCUT2D eigenvalue weighted by Crippen LogP contribution is 2.38. The molecule has 6 aromatic carbocycles. The minimum absolute atomic E-state index is 0.618. The highest BCUT2D eigenvalue weighted by Gasteiger charge is 2.18. The zero-order valence-electron chi connectivity index (χ0n) is 25.2. The number of oxazole rings is 1. The molecule has 0 aliphatic carbocycles. The summed E-state index contributed by atoms with van der Waals surface area (Å²) in [6.45, 7) is 3.03. The third kappa shape index (κ3) is 4.20. The summed E-state index contributed by atoms with van der Waals surface area (Å²) in [5.74, 6) is 1.62. The SMILES string of the molecule is CCn1c(-c2ccc(-c3ccc(-c4nc5ccccc5c5c4ccc4oc(-c6ccccc6)nc45)cc3)cc2)nc2ccccc21. The van der Waals surface area contributed by atoms with Gasteiger partial charge < -0.3 is 8.98 Å². The van der Waals surface area contributed by atoms with Crippen LogP contribution in [0, 0.1) is 0 Å². The maximum absolute atomic E-state index is 6.25. The first-order valence-electron chi connectivity index (χ1n) is 15.6. The van der Waals surface area contributed by atoms with Crippen LogP contribution in [0.1, 0.15) is 6.92 Å². The minimum atomic E-state index is 0.618. The molecule has 9 aromatic rings. The van der Waals surface area contributed by atoms with Gasteiger partial charge in [0.05, 0.1) is 22.2 Å². The average Bonchev–Trinajstić information content (AvgIpc) is 3.74. The smallest absolute Gasteiger partial charge is 0.227 e. The van der Waals surface area contributed by atoms with Crippen LogP contribution in [-0.2, 0) is 6.54 Å². The fraction of sp³-hybridized carbons (Fsp3) is 0.0488. The zero-order chi connectivity index (χ0) is 30.6. The van der Waals surface area contributed by atoms with Crippen molar-refractivity contribution in [2.45, 2.75) is 13.5 Å². The van der Waals surface area contributed by atoms with Crippen LogP contribution in [0.5, 0.6) is 0 Å². The third-order valence-corrected chi connectivity index (χ3v) is 8.85. The van der Waals surface area contributed by atoms with E-state index in [2.05, 4.69) is 102 Å². The van der Waals surface area contributed by atoms with Gasteiger partial charge in [0.1, 0.15) is 11.3 Å². The Morgan fingerprint density at radius 3 is 1.93 bits per heavy atom. The zero-order valence-corrected chi connectivity index (χ0v) is 25.2. The number of hydrogen-bond acceptors (Lipinski definition) is 4. The molecule has 0 unspecified atom stereocenters. The van der Waals surface area contributed by atoms with Crippen molar-refractivity contribution in [3.8, 4) is 45.2 Å². The second-order valence-corrected chi connectivity index (χ2v) is 11.5. The molecule has 3 heterocycles. The van der Waals surface area contributed by atoms with Crippen LogP contribution in [0.4, 0.5) is 0 Å². The number of pyridine rings is 1. The Balaban J connectivity index is 1.11. The van der Waals surface area contributed by atoms with Crippen LogP contribution in [0.25, 0.3) is 89.0 Å². The second kappa shape index (κ2) is 10.5. The molecule has 0 saturated heterocycles. The summed E-state index contributed by atoms with van der Waals surface area (Å²) in [5.41, 5.74) is 11.1. The van der Waals surface area contributed by atoms with Crippen LogP contribution in [0.3, 0.4) is 0 Å². The van der Waals surface area contributed by atoms with Gasteiger partial charge in [0.15, 0.2) is 5.58 Å². The van der Waals surface area contributed by atoms with Crippen molar-refractivity contribution in [1.29, 1.82) is 0 Å². The number of rotatable bonds is 5. The Labute approximate surface area is 265 Å². The van der Waals surface area contributed by atoms with Gasteiger partial charge in [-0.25, -0.2) is 15.0 Å². The van der Waals surface area contributed by atoms with E-state index < -0.39 is 0 Å². The van der Waals surface area contributed by atoms with E-state index >= 15 is 0 Å². The average molecular weight is 593 g/mol. The summed E-state index contributed by atoms with van der Waals surface area (Å²) < 4.78 is 8.52. The summed E-state index contributed by atoms with van der Waals surface area (Å²) in [4.78, 5) is 15.1. The van der Waals surface area contributed by atoms with E-state index in [9.17, 15) is 0 Å². The van der Waals surface area contributed by atoms with Gasteiger partial charge in [-0.15, -0.1) is 0 Å². The Kier molecular flexibility index (Phi) is 6.03. The van der Waals surface area contributed by atoms with Gasteiger partial charge >= 0.3 is 0 Å². The number of hydrogen-bond donors (Lipinski definition) is 0. The van der Waals surface area contributed by atoms with E-state index in [0.717, 1.165) is 89.7 Å². The Hall–Kier alpha value is -6.07. The molecule has 0 N–H and O–H groups in total. The summed E-state index contributed by atoms with van der Waals surface area (Å²) in [6, 6.07) is 48.1. The Morgan fingerprint density at radius 1 is 0.522 bits per heavy atom. The van der Waals surface area contributed by atoms with E-state index in [0.29, 0.717) is 5.89 Å². The lowest BCUT2D eigenvalue weighted by atomic mass is 9.97. The summed E-state index contributed by atoms with van der Waals surface area (Å²) in [6.07, 6.45) is 0. The number of aryl methyl sites for hydroxylation is 1. The first-order chi connectivity index (χ1) is 22.7. The van der Waals surface area contributed by atoms with E-state index in [1.807, 2.05) is 48.5 Å². The van der Waals surface area contributed by atoms with Crippen molar-refractivity contribution in [2.75, 3.05) is 0 Å². The molecule has 0 aliphatic heterocycles. The first kappa shape index (κ1) is 26.3. The van der Waals surface area contributed by atoms with Gasteiger partial charge in [-0.05, 0) is 60.5 Å². The summed E-state index contributed by atoms with van der Waals surface area (Å²) in [5, 5.41) is 3.17. The molecule has 0 aliphatic rings. The van der Waals surface area contributed by atoms with Gasteiger partial charge in [0.2, 0.25) is 5.89 Å². The standard InChI is InChI=1S/C41H28N4O/c1-2-45-35-15-9-8-14-34(35)43-40(45)29-22-18-27(19-23-29)26-16-20-28(21-17-26)38-32-24-25-36-39(37(32)31-12-6-7-13-33(31)42-38)44-41(46-36)30-10-4-3-5-11-30/h3-25H,2H2,1H3. The maximum Gasteiger partial charge on any atom is 0.227 e. The molecule has 0 amide bonds. The van der Waals surface area contributed by atoms with Crippen molar-refractivity contribution in [3.05, 3.63) is 140 Å². The van der Waals surface area contributed by atoms with Crippen LogP contribution in [0.2, 0.25) is 0 Å². The molecule has 3 aromatic heterocycles. The number of imidazole rings is 1. The van der Waals surface area contributed by atoms with Gasteiger partial charge in [0.25, 0.3) is 0 Å². The lowest BCUT2D eigenvalue weighted by Crippen LogP contribution is -1.97. The molecule has 0 spiro atoms. The van der Waals surface area contributed by atoms with Crippen LogP contribution in [0.15, 0.2) is 144 Å². The lowest BCUT2D eigenvalue weighted by molar-refractivity contribution is 0.620. The van der Waals surface area contributed by atoms with E-state index in [4.69, 9.17) is 19.4 Å². The monoisotopic (exact) mass is 592 g/mol. The molecular weight excluding hydrogens is 564 g/mol. The Bertz CT molecular complexity index is 2540. The molecule has 0 saturated carbocycles. The van der Waals surface area contributed by atoms with Gasteiger partial charge in [0, 0.05) is 39.4 Å². The molecule has 218 valence electrons.